The first-order valence-corrected chi connectivity index (χ1v) is 3.96. The first-order chi connectivity index (χ1) is 6.24. The van der Waals surface area contributed by atoms with Crippen LogP contribution in [0.25, 0.3) is 0 Å². The summed E-state index contributed by atoms with van der Waals surface area (Å²) in [6.45, 7) is 1.87. The Kier molecular flexibility index (Phi) is 3.40. The van der Waals surface area contributed by atoms with Gasteiger partial charge in [-0.2, -0.15) is 0 Å². The van der Waals surface area contributed by atoms with Crippen molar-refractivity contribution < 1.29 is 9.63 Å². The Morgan fingerprint density at radius 3 is 3.08 bits per heavy atom. The Morgan fingerprint density at radius 1 is 1.69 bits per heavy atom. The second kappa shape index (κ2) is 4.57. The summed E-state index contributed by atoms with van der Waals surface area (Å²) >= 11 is 0. The molecule has 4 heteroatoms. The van der Waals surface area contributed by atoms with Crippen molar-refractivity contribution in [3.63, 3.8) is 0 Å². The summed E-state index contributed by atoms with van der Waals surface area (Å²) in [6.07, 6.45) is 2.00. The highest BCUT2D eigenvalue weighted by molar-refractivity contribution is 5.77. The topological polar surface area (TPSA) is 51.2 Å². The highest BCUT2D eigenvalue weighted by atomic mass is 16.6. The fraction of sp³-hybridized carbons (Fsp3) is 0.333. The van der Waals surface area contributed by atoms with Crippen LogP contribution >= 0.6 is 0 Å². The third kappa shape index (κ3) is 2.83. The predicted molar refractivity (Wildman–Crippen MR) is 47.8 cm³/mol. The van der Waals surface area contributed by atoms with E-state index in [9.17, 15) is 4.79 Å². The number of hydrogen-bond donors (Lipinski definition) is 1. The van der Waals surface area contributed by atoms with Crippen molar-refractivity contribution in [3.05, 3.63) is 29.6 Å². The number of aryl methyl sites for hydroxylation is 1. The molecule has 0 aliphatic heterocycles. The van der Waals surface area contributed by atoms with Gasteiger partial charge in [0, 0.05) is 11.9 Å². The minimum Gasteiger partial charge on any atom is -0.277 e. The molecular formula is C9H12N2O2. The number of nitrogens with zero attached hydrogens (tertiary/aromatic N) is 1. The molecule has 0 atom stereocenters. The van der Waals surface area contributed by atoms with E-state index in [1.807, 2.05) is 19.1 Å². The van der Waals surface area contributed by atoms with Crippen LogP contribution in [0.4, 0.5) is 0 Å². The van der Waals surface area contributed by atoms with Crippen LogP contribution in [0.2, 0.25) is 0 Å². The SMILES string of the molecule is CONC(=O)Cc1cccnc1C. The molecule has 0 saturated carbocycles. The molecule has 0 aliphatic rings. The van der Waals surface area contributed by atoms with Crippen LogP contribution in [0, 0.1) is 6.92 Å². The minimum atomic E-state index is -0.168. The molecule has 0 aliphatic carbocycles. The number of carbonyl (C=O) groups excluding carboxylic acids is 1. The summed E-state index contributed by atoms with van der Waals surface area (Å²) in [5.41, 5.74) is 4.04. The van der Waals surface area contributed by atoms with Crippen molar-refractivity contribution in [2.75, 3.05) is 7.11 Å². The molecule has 1 rings (SSSR count). The van der Waals surface area contributed by atoms with Crippen molar-refractivity contribution in [2.45, 2.75) is 13.3 Å². The zero-order valence-corrected chi connectivity index (χ0v) is 7.70. The number of pyridine rings is 1. The van der Waals surface area contributed by atoms with Gasteiger partial charge in [0.2, 0.25) is 5.91 Å². The Labute approximate surface area is 76.9 Å². The Bertz CT molecular complexity index is 299. The van der Waals surface area contributed by atoms with Crippen LogP contribution in [-0.2, 0) is 16.1 Å². The largest absolute Gasteiger partial charge is 0.277 e. The van der Waals surface area contributed by atoms with Crippen molar-refractivity contribution in [1.82, 2.24) is 10.5 Å². The van der Waals surface area contributed by atoms with Crippen LogP contribution in [0.3, 0.4) is 0 Å². The Hall–Kier alpha value is -1.42. The third-order valence-electron chi connectivity index (χ3n) is 1.68. The second-order valence-electron chi connectivity index (χ2n) is 2.65. The highest BCUT2D eigenvalue weighted by Crippen LogP contribution is 2.03. The number of hydrogen-bond acceptors (Lipinski definition) is 3. The van der Waals surface area contributed by atoms with E-state index in [0.717, 1.165) is 11.3 Å². The molecule has 0 radical (unpaired) electrons. The lowest BCUT2D eigenvalue weighted by molar-refractivity contribution is -0.130. The van der Waals surface area contributed by atoms with Crippen molar-refractivity contribution >= 4 is 5.91 Å². The maximum atomic E-state index is 11.1. The molecule has 0 bridgehead atoms. The predicted octanol–water partition coefficient (Wildman–Crippen LogP) is 0.610. The van der Waals surface area contributed by atoms with Crippen LogP contribution in [0.1, 0.15) is 11.3 Å². The Balaban J connectivity index is 2.63. The van der Waals surface area contributed by atoms with Crippen molar-refractivity contribution in [1.29, 1.82) is 0 Å². The van der Waals surface area contributed by atoms with Gasteiger partial charge in [0.05, 0.1) is 13.5 Å². The van der Waals surface area contributed by atoms with E-state index in [4.69, 9.17) is 0 Å². The lowest BCUT2D eigenvalue weighted by Crippen LogP contribution is -2.24. The average molecular weight is 180 g/mol. The lowest BCUT2D eigenvalue weighted by Gasteiger charge is -2.03. The first kappa shape index (κ1) is 9.67. The first-order valence-electron chi connectivity index (χ1n) is 3.96. The molecule has 13 heavy (non-hydrogen) atoms. The maximum Gasteiger partial charge on any atom is 0.248 e. The molecule has 0 unspecified atom stereocenters. The van der Waals surface area contributed by atoms with E-state index < -0.39 is 0 Å². The van der Waals surface area contributed by atoms with Crippen molar-refractivity contribution in [2.24, 2.45) is 0 Å². The van der Waals surface area contributed by atoms with Crippen LogP contribution in [0.5, 0.6) is 0 Å². The summed E-state index contributed by atoms with van der Waals surface area (Å²) in [5.74, 6) is -0.168. The maximum absolute atomic E-state index is 11.1. The van der Waals surface area contributed by atoms with Gasteiger partial charge in [0.1, 0.15) is 0 Å². The van der Waals surface area contributed by atoms with Gasteiger partial charge in [-0.15, -0.1) is 0 Å². The third-order valence-corrected chi connectivity index (χ3v) is 1.68. The number of hydroxylamine groups is 1. The standard InChI is InChI=1S/C9H12N2O2/c1-7-8(4-3-5-10-7)6-9(12)11-13-2/h3-5H,6H2,1-2H3,(H,11,12). The molecular weight excluding hydrogens is 168 g/mol. The average Bonchev–Trinajstić information content (AvgIpc) is 2.09. The molecule has 70 valence electrons. The summed E-state index contributed by atoms with van der Waals surface area (Å²) in [4.78, 5) is 19.7. The minimum absolute atomic E-state index is 0.168. The molecule has 1 aromatic heterocycles. The van der Waals surface area contributed by atoms with Crippen LogP contribution in [-0.4, -0.2) is 18.0 Å². The fourth-order valence-electron chi connectivity index (χ4n) is 1.03. The van der Waals surface area contributed by atoms with Gasteiger partial charge in [-0.25, -0.2) is 5.48 Å². The number of carbonyl (C=O) groups is 1. The van der Waals surface area contributed by atoms with E-state index >= 15 is 0 Å². The molecule has 0 fully saturated rings. The quantitative estimate of drug-likeness (QED) is 0.693. The van der Waals surface area contributed by atoms with Crippen LogP contribution < -0.4 is 5.48 Å². The second-order valence-corrected chi connectivity index (χ2v) is 2.65. The van der Waals surface area contributed by atoms with E-state index in [1.54, 1.807) is 6.20 Å². The van der Waals surface area contributed by atoms with Crippen molar-refractivity contribution in [3.8, 4) is 0 Å². The van der Waals surface area contributed by atoms with Crippen LogP contribution in [0.15, 0.2) is 18.3 Å². The van der Waals surface area contributed by atoms with E-state index in [2.05, 4.69) is 15.3 Å². The molecule has 4 nitrogen and oxygen atoms in total. The number of rotatable bonds is 3. The van der Waals surface area contributed by atoms with Gasteiger partial charge in [-0.3, -0.25) is 14.6 Å². The summed E-state index contributed by atoms with van der Waals surface area (Å²) in [6, 6.07) is 3.68. The lowest BCUT2D eigenvalue weighted by atomic mass is 10.1. The van der Waals surface area contributed by atoms with E-state index in [-0.39, 0.29) is 5.91 Å². The summed E-state index contributed by atoms with van der Waals surface area (Å²) < 4.78 is 0. The number of aromatic nitrogens is 1. The van der Waals surface area contributed by atoms with Gasteiger partial charge in [-0.05, 0) is 18.6 Å². The normalized spacial score (nSPS) is 9.69. The monoisotopic (exact) mass is 180 g/mol. The van der Waals surface area contributed by atoms with Gasteiger partial charge < -0.3 is 0 Å². The summed E-state index contributed by atoms with van der Waals surface area (Å²) in [5, 5.41) is 0. The molecule has 1 amide bonds. The molecule has 1 N–H and O–H groups in total. The molecule has 0 saturated heterocycles. The number of nitrogens with one attached hydrogen (secondary N) is 1. The van der Waals surface area contributed by atoms with Gasteiger partial charge in [-0.1, -0.05) is 6.07 Å². The van der Waals surface area contributed by atoms with E-state index in [0.29, 0.717) is 6.42 Å². The molecule has 1 aromatic rings. The number of amides is 1. The Morgan fingerprint density at radius 2 is 2.46 bits per heavy atom. The highest BCUT2D eigenvalue weighted by Gasteiger charge is 2.04. The van der Waals surface area contributed by atoms with E-state index in [1.165, 1.54) is 7.11 Å². The molecule has 1 heterocycles. The zero-order valence-electron chi connectivity index (χ0n) is 7.70. The molecule has 0 spiro atoms. The fourth-order valence-corrected chi connectivity index (χ4v) is 1.03. The van der Waals surface area contributed by atoms with Gasteiger partial charge >= 0.3 is 0 Å². The molecule has 0 aromatic carbocycles. The smallest absolute Gasteiger partial charge is 0.248 e. The summed E-state index contributed by atoms with van der Waals surface area (Å²) in [7, 11) is 1.41. The van der Waals surface area contributed by atoms with Gasteiger partial charge in [0.25, 0.3) is 0 Å². The van der Waals surface area contributed by atoms with Gasteiger partial charge in [0.15, 0.2) is 0 Å². The zero-order chi connectivity index (χ0) is 9.68.